The van der Waals surface area contributed by atoms with Crippen LogP contribution in [0.5, 0.6) is 0 Å². The Balaban J connectivity index is 0.000000648. The number of rotatable bonds is 9. The van der Waals surface area contributed by atoms with E-state index >= 15 is 0 Å². The molecule has 0 unspecified atom stereocenters. The van der Waals surface area contributed by atoms with Gasteiger partial charge in [-0.25, -0.2) is 0 Å². The monoisotopic (exact) mass is 780 g/mol. The third-order valence-corrected chi connectivity index (χ3v) is 10.5. The number of hydrogen-bond acceptors (Lipinski definition) is 13. The first-order valence-electron chi connectivity index (χ1n) is 20.8. The van der Waals surface area contributed by atoms with Crippen LogP contribution in [0.15, 0.2) is 0 Å². The first-order chi connectivity index (χ1) is 25.3. The van der Waals surface area contributed by atoms with Crippen molar-refractivity contribution in [1.82, 2.24) is 24.5 Å². The average molecular weight is 780 g/mol. The first-order valence-corrected chi connectivity index (χ1v) is 20.8. The van der Waals surface area contributed by atoms with Gasteiger partial charge in [0, 0.05) is 88.6 Å². The van der Waals surface area contributed by atoms with Crippen molar-refractivity contribution in [2.24, 2.45) is 0 Å². The van der Waals surface area contributed by atoms with Gasteiger partial charge in [-0.1, -0.05) is 14.4 Å². The molecule has 0 saturated carbocycles. The molecule has 5 rings (SSSR count). The lowest BCUT2D eigenvalue weighted by Crippen LogP contribution is -2.50. The van der Waals surface area contributed by atoms with Crippen molar-refractivity contribution in [3.05, 3.63) is 0 Å². The van der Waals surface area contributed by atoms with E-state index in [9.17, 15) is 0 Å². The molecule has 5 aliphatic heterocycles. The molecule has 5 heterocycles. The highest BCUT2D eigenvalue weighted by molar-refractivity contribution is 4.78. The molecular weight excluding hydrogens is 690 g/mol. The lowest BCUT2D eigenvalue weighted by atomic mass is 10.1. The molecule has 0 spiro atoms. The number of hydrogen-bond donors (Lipinski definition) is 3. The van der Waals surface area contributed by atoms with Crippen molar-refractivity contribution >= 4 is 0 Å². The molecule has 0 aromatic heterocycles. The van der Waals surface area contributed by atoms with E-state index in [0.717, 1.165) is 98.6 Å². The quantitative estimate of drug-likeness (QED) is 0.318. The van der Waals surface area contributed by atoms with Crippen LogP contribution in [-0.4, -0.2) is 219 Å². The first kappa shape index (κ1) is 53.5. The zero-order chi connectivity index (χ0) is 39.8. The topological polar surface area (TPSA) is 123 Å². The molecule has 0 radical (unpaired) electrons. The van der Waals surface area contributed by atoms with Crippen molar-refractivity contribution in [3.63, 3.8) is 0 Å². The van der Waals surface area contributed by atoms with Gasteiger partial charge in [0.15, 0.2) is 0 Å². The molecule has 0 aromatic rings. The van der Waals surface area contributed by atoms with E-state index in [1.54, 1.807) is 0 Å². The van der Waals surface area contributed by atoms with Crippen molar-refractivity contribution in [3.8, 4) is 0 Å². The predicted octanol–water partition coefficient (Wildman–Crippen LogP) is 3.13. The van der Waals surface area contributed by atoms with Gasteiger partial charge in [0.25, 0.3) is 0 Å². The van der Waals surface area contributed by atoms with Crippen LogP contribution in [0.1, 0.15) is 90.0 Å². The highest BCUT2D eigenvalue weighted by atomic mass is 16.5. The van der Waals surface area contributed by atoms with Gasteiger partial charge < -0.3 is 39.0 Å². The molecule has 3 N–H and O–H groups in total. The second-order valence-corrected chi connectivity index (χ2v) is 16.0. The molecule has 5 aliphatic rings. The van der Waals surface area contributed by atoms with Crippen molar-refractivity contribution in [2.75, 3.05) is 125 Å². The lowest BCUT2D eigenvalue weighted by molar-refractivity contribution is -0.0608. The number of ether oxygens (including phenoxy) is 5. The standard InChI is InChI=1S/C9H19NO.3C8H17NO2.C7H15NO.CH4/c1-4-9-7-11-6-5-10(9)8(2)3;1-7(2)9-3-4-11-6-8(9)5-10;2*1-7(2)9-3-4-11-8(5-9)6-10;1-7(2)8-3-5-9-6-4-8;/h8-9H,4-7H2,1-3H3;3*7-8,10H,3-6H2,1-2H3;7H,3-6H2,1-2H3;1H4/t9-;3*8-;;/m0110../s1. The van der Waals surface area contributed by atoms with Gasteiger partial charge in [-0.2, -0.15) is 0 Å². The lowest BCUT2D eigenvalue weighted by Gasteiger charge is -2.37. The number of morpholine rings is 5. The van der Waals surface area contributed by atoms with E-state index in [1.807, 2.05) is 0 Å². The summed E-state index contributed by atoms with van der Waals surface area (Å²) >= 11 is 0. The van der Waals surface area contributed by atoms with E-state index in [-0.39, 0.29) is 45.5 Å². The van der Waals surface area contributed by atoms with Gasteiger partial charge in [0.1, 0.15) is 0 Å². The van der Waals surface area contributed by atoms with Gasteiger partial charge in [0.05, 0.1) is 90.9 Å². The third-order valence-electron chi connectivity index (χ3n) is 10.5. The molecule has 13 nitrogen and oxygen atoms in total. The van der Waals surface area contributed by atoms with Gasteiger partial charge in [-0.05, 0) is 75.7 Å². The highest BCUT2D eigenvalue weighted by Gasteiger charge is 2.25. The molecule has 5 fully saturated rings. The number of aliphatic hydroxyl groups is 3. The Bertz CT molecular complexity index is 796. The van der Waals surface area contributed by atoms with E-state index in [2.05, 4.69) is 101 Å². The number of aliphatic hydroxyl groups excluding tert-OH is 3. The Morgan fingerprint density at radius 1 is 0.463 bits per heavy atom. The van der Waals surface area contributed by atoms with Crippen molar-refractivity contribution in [2.45, 2.75) is 145 Å². The summed E-state index contributed by atoms with van der Waals surface area (Å²) in [5.74, 6) is 0. The Morgan fingerprint density at radius 3 is 1.13 bits per heavy atom. The minimum Gasteiger partial charge on any atom is -0.395 e. The summed E-state index contributed by atoms with van der Waals surface area (Å²) in [4.78, 5) is 11.9. The summed E-state index contributed by atoms with van der Waals surface area (Å²) < 4.78 is 26.5. The fraction of sp³-hybridized carbons (Fsp3) is 1.00. The van der Waals surface area contributed by atoms with Crippen LogP contribution in [0.25, 0.3) is 0 Å². The minimum atomic E-state index is 0. The Morgan fingerprint density at radius 2 is 0.833 bits per heavy atom. The summed E-state index contributed by atoms with van der Waals surface area (Å²) in [5, 5.41) is 26.7. The van der Waals surface area contributed by atoms with Crippen molar-refractivity contribution in [1.29, 1.82) is 0 Å². The Labute approximate surface area is 332 Å². The van der Waals surface area contributed by atoms with Crippen LogP contribution in [0.2, 0.25) is 0 Å². The molecule has 5 saturated heterocycles. The van der Waals surface area contributed by atoms with Gasteiger partial charge in [-0.15, -0.1) is 0 Å². The number of nitrogens with zero attached hydrogens (tertiary/aromatic N) is 5. The SMILES string of the molecule is C.CC(C)N1CCOCC1.CC(C)N1CCOC[C@H]1CO.CC(C)N1CCO[C@@H](CO)C1.CC(C)N1CCO[C@H](CO)C1.CC[C@H]1COCCN1C(C)C. The van der Waals surface area contributed by atoms with Crippen LogP contribution in [-0.2, 0) is 23.7 Å². The molecule has 13 heteroatoms. The summed E-state index contributed by atoms with van der Waals surface area (Å²) in [6.07, 6.45) is 1.27. The summed E-state index contributed by atoms with van der Waals surface area (Å²) in [7, 11) is 0. The maximum Gasteiger partial charge on any atom is 0.0932 e. The molecule has 0 amide bonds. The Hall–Kier alpha value is -0.520. The van der Waals surface area contributed by atoms with Crippen LogP contribution in [0.4, 0.5) is 0 Å². The normalized spacial score (nSPS) is 26.5. The zero-order valence-corrected chi connectivity index (χ0v) is 36.0. The highest BCUT2D eigenvalue weighted by Crippen LogP contribution is 2.13. The molecule has 0 aromatic carbocycles. The predicted molar refractivity (Wildman–Crippen MR) is 222 cm³/mol. The van der Waals surface area contributed by atoms with E-state index in [1.165, 1.54) is 6.42 Å². The van der Waals surface area contributed by atoms with Gasteiger partial charge >= 0.3 is 0 Å². The summed E-state index contributed by atoms with van der Waals surface area (Å²) in [6.45, 7) is 39.3. The molecule has 0 aliphatic carbocycles. The molecule has 0 bridgehead atoms. The van der Waals surface area contributed by atoms with Crippen LogP contribution < -0.4 is 0 Å². The maximum atomic E-state index is 8.99. The molecule has 54 heavy (non-hydrogen) atoms. The molecule has 4 atom stereocenters. The second kappa shape index (κ2) is 31.5. The van der Waals surface area contributed by atoms with Crippen LogP contribution >= 0.6 is 0 Å². The fourth-order valence-electron chi connectivity index (χ4n) is 6.94. The minimum absolute atomic E-state index is 0. The zero-order valence-electron chi connectivity index (χ0n) is 36.0. The van der Waals surface area contributed by atoms with E-state index in [0.29, 0.717) is 42.9 Å². The van der Waals surface area contributed by atoms with Crippen LogP contribution in [0.3, 0.4) is 0 Å². The Kier molecular flexibility index (Phi) is 31.2. The van der Waals surface area contributed by atoms with E-state index < -0.39 is 0 Å². The third kappa shape index (κ3) is 21.9. The van der Waals surface area contributed by atoms with Crippen LogP contribution in [0, 0.1) is 0 Å². The second-order valence-electron chi connectivity index (χ2n) is 16.0. The summed E-state index contributed by atoms with van der Waals surface area (Å²) in [6, 6.07) is 3.86. The summed E-state index contributed by atoms with van der Waals surface area (Å²) in [5.41, 5.74) is 0. The fourth-order valence-corrected chi connectivity index (χ4v) is 6.94. The average Bonchev–Trinajstić information content (AvgIpc) is 3.19. The molecule has 326 valence electrons. The smallest absolute Gasteiger partial charge is 0.0932 e. The van der Waals surface area contributed by atoms with E-state index in [4.69, 9.17) is 39.0 Å². The largest absolute Gasteiger partial charge is 0.395 e. The van der Waals surface area contributed by atoms with Crippen molar-refractivity contribution < 1.29 is 39.0 Å². The van der Waals surface area contributed by atoms with Gasteiger partial charge in [0.2, 0.25) is 0 Å². The maximum absolute atomic E-state index is 8.99. The van der Waals surface area contributed by atoms with Gasteiger partial charge in [-0.3, -0.25) is 24.5 Å². The molecular formula is C41H89N5O8.